The average Bonchev–Trinajstić information content (AvgIpc) is 3.50. The number of carbonyl (C=O) groups is 2. The fourth-order valence-corrected chi connectivity index (χ4v) is 4.73. The van der Waals surface area contributed by atoms with Gasteiger partial charge in [-0.1, -0.05) is 41.7 Å². The molecule has 0 aliphatic carbocycles. The second kappa shape index (κ2) is 9.65. The Morgan fingerprint density at radius 1 is 1.14 bits per heavy atom. The summed E-state index contributed by atoms with van der Waals surface area (Å²) in [5.41, 5.74) is 3.39. The van der Waals surface area contributed by atoms with E-state index >= 15 is 0 Å². The first kappa shape index (κ1) is 22.7. The molecule has 1 aromatic carbocycles. The van der Waals surface area contributed by atoms with Gasteiger partial charge in [0.15, 0.2) is 5.13 Å². The molecule has 1 aliphatic heterocycles. The molecule has 35 heavy (non-hydrogen) atoms. The Kier molecular flexibility index (Phi) is 6.25. The van der Waals surface area contributed by atoms with Gasteiger partial charge >= 0.3 is 6.03 Å². The molecule has 1 aliphatic rings. The molecule has 1 atom stereocenters. The highest BCUT2D eigenvalue weighted by atomic mass is 32.1. The van der Waals surface area contributed by atoms with E-state index < -0.39 is 6.03 Å². The van der Waals surface area contributed by atoms with Crippen LogP contribution in [0, 0.1) is 0 Å². The molecule has 1 saturated heterocycles. The number of urea groups is 1. The normalized spacial score (nSPS) is 15.3. The van der Waals surface area contributed by atoms with E-state index in [1.54, 1.807) is 12.3 Å². The van der Waals surface area contributed by atoms with Crippen LogP contribution in [0.3, 0.4) is 0 Å². The van der Waals surface area contributed by atoms with Gasteiger partial charge in [0.05, 0.1) is 25.5 Å². The van der Waals surface area contributed by atoms with E-state index in [1.807, 2.05) is 42.5 Å². The quantitative estimate of drug-likeness (QED) is 0.419. The van der Waals surface area contributed by atoms with Crippen LogP contribution in [-0.2, 0) is 9.63 Å². The Labute approximate surface area is 204 Å². The zero-order valence-electron chi connectivity index (χ0n) is 19.0. The average molecular weight is 491 g/mol. The molecule has 3 aromatic heterocycles. The fourth-order valence-electron chi connectivity index (χ4n) is 3.84. The summed E-state index contributed by atoms with van der Waals surface area (Å²) in [6, 6.07) is 14.5. The SMILES string of the molecule is COc1ncc(-c2ccc3nc(NC(C)=O)sc3n2)cc1NC(=O)N1OCC[C@H]1c1ccccc1. The molecule has 3 amide bonds. The van der Waals surface area contributed by atoms with Crippen molar-refractivity contribution in [2.45, 2.75) is 19.4 Å². The van der Waals surface area contributed by atoms with Crippen molar-refractivity contribution in [2.24, 2.45) is 0 Å². The molecule has 0 unspecified atom stereocenters. The van der Waals surface area contributed by atoms with Gasteiger partial charge in [0, 0.05) is 25.1 Å². The van der Waals surface area contributed by atoms with Gasteiger partial charge in [-0.05, 0) is 23.8 Å². The second-order valence-corrected chi connectivity index (χ2v) is 8.78. The van der Waals surface area contributed by atoms with Crippen molar-refractivity contribution in [2.75, 3.05) is 24.4 Å². The predicted octanol–water partition coefficient (Wildman–Crippen LogP) is 4.63. The number of anilines is 2. The van der Waals surface area contributed by atoms with Crippen LogP contribution in [0.1, 0.15) is 24.9 Å². The highest BCUT2D eigenvalue weighted by Gasteiger charge is 2.32. The van der Waals surface area contributed by atoms with Crippen LogP contribution in [0.4, 0.5) is 15.6 Å². The van der Waals surface area contributed by atoms with Gasteiger partial charge in [-0.3, -0.25) is 9.63 Å². The summed E-state index contributed by atoms with van der Waals surface area (Å²) < 4.78 is 5.37. The van der Waals surface area contributed by atoms with Crippen LogP contribution in [0.15, 0.2) is 54.7 Å². The maximum atomic E-state index is 13.1. The van der Waals surface area contributed by atoms with E-state index in [-0.39, 0.29) is 17.8 Å². The summed E-state index contributed by atoms with van der Waals surface area (Å²) in [4.78, 5) is 44.1. The number of carbonyl (C=O) groups excluding carboxylic acids is 2. The molecule has 178 valence electrons. The predicted molar refractivity (Wildman–Crippen MR) is 132 cm³/mol. The summed E-state index contributed by atoms with van der Waals surface area (Å²) in [6.45, 7) is 1.88. The van der Waals surface area contributed by atoms with E-state index in [4.69, 9.17) is 9.57 Å². The smallest absolute Gasteiger partial charge is 0.346 e. The van der Waals surface area contributed by atoms with E-state index in [0.717, 1.165) is 5.56 Å². The van der Waals surface area contributed by atoms with Crippen molar-refractivity contribution in [1.29, 1.82) is 0 Å². The molecule has 0 bridgehead atoms. The van der Waals surface area contributed by atoms with Gasteiger partial charge in [0.2, 0.25) is 11.8 Å². The topological polar surface area (TPSA) is 119 Å². The lowest BCUT2D eigenvalue weighted by atomic mass is 10.1. The number of ether oxygens (including phenoxy) is 1. The van der Waals surface area contributed by atoms with E-state index in [9.17, 15) is 9.59 Å². The number of pyridine rings is 2. The molecule has 1 fully saturated rings. The van der Waals surface area contributed by atoms with Crippen molar-refractivity contribution in [3.63, 3.8) is 0 Å². The third-order valence-electron chi connectivity index (χ3n) is 5.41. The lowest BCUT2D eigenvalue weighted by molar-refractivity contribution is -0.114. The zero-order valence-corrected chi connectivity index (χ0v) is 19.8. The van der Waals surface area contributed by atoms with Crippen LogP contribution in [-0.4, -0.2) is 45.7 Å². The first-order valence-electron chi connectivity index (χ1n) is 10.9. The highest BCUT2D eigenvalue weighted by Crippen LogP contribution is 2.33. The largest absolute Gasteiger partial charge is 0.480 e. The van der Waals surface area contributed by atoms with Gasteiger partial charge in [0.25, 0.3) is 0 Å². The number of aromatic nitrogens is 3. The van der Waals surface area contributed by atoms with Gasteiger partial charge in [0.1, 0.15) is 16.0 Å². The molecule has 0 radical (unpaired) electrons. The summed E-state index contributed by atoms with van der Waals surface area (Å²) in [5.74, 6) is 0.0740. The van der Waals surface area contributed by atoms with Crippen LogP contribution >= 0.6 is 11.3 Å². The summed E-state index contributed by atoms with van der Waals surface area (Å²) in [5, 5.41) is 7.38. The monoisotopic (exact) mass is 490 g/mol. The molecular formula is C24H22N6O4S. The van der Waals surface area contributed by atoms with Crippen LogP contribution < -0.4 is 15.4 Å². The van der Waals surface area contributed by atoms with Gasteiger partial charge < -0.3 is 15.4 Å². The Hall–Kier alpha value is -4.09. The Balaban J connectivity index is 1.41. The molecule has 2 N–H and O–H groups in total. The number of amides is 3. The lowest BCUT2D eigenvalue weighted by Gasteiger charge is -2.23. The minimum absolute atomic E-state index is 0.188. The zero-order chi connectivity index (χ0) is 24.4. The summed E-state index contributed by atoms with van der Waals surface area (Å²) >= 11 is 1.28. The number of rotatable bonds is 5. The number of methoxy groups -OCH3 is 1. The standard InChI is InChI=1S/C24H22N6O4S/c1-14(31)26-23-28-18-9-8-17(27-22(18)35-23)16-12-19(21(33-2)25-13-16)29-24(32)30-20(10-11-34-30)15-6-4-3-5-7-15/h3-9,12-13,20H,10-11H2,1-2H3,(H,29,32)(H,26,28,31)/t20-/m0/s1. The maximum absolute atomic E-state index is 13.1. The number of thiazole rings is 1. The number of nitrogens with one attached hydrogen (secondary N) is 2. The minimum atomic E-state index is -0.417. The van der Waals surface area contributed by atoms with Crippen LogP contribution in [0.25, 0.3) is 21.6 Å². The second-order valence-electron chi connectivity index (χ2n) is 7.81. The first-order chi connectivity index (χ1) is 17.0. The first-order valence-corrected chi connectivity index (χ1v) is 11.7. The third kappa shape index (κ3) is 4.77. The van der Waals surface area contributed by atoms with Crippen LogP contribution in [0.2, 0.25) is 0 Å². The molecule has 5 rings (SSSR count). The van der Waals surface area contributed by atoms with Gasteiger partial charge in [-0.15, -0.1) is 0 Å². The van der Waals surface area contributed by atoms with Gasteiger partial charge in [-0.2, -0.15) is 5.06 Å². The van der Waals surface area contributed by atoms with Crippen molar-refractivity contribution in [1.82, 2.24) is 20.0 Å². The maximum Gasteiger partial charge on any atom is 0.346 e. The molecule has 4 aromatic rings. The fraction of sp³-hybridized carbons (Fsp3) is 0.208. The molecular weight excluding hydrogens is 468 g/mol. The molecule has 0 saturated carbocycles. The number of benzene rings is 1. The van der Waals surface area contributed by atoms with Crippen molar-refractivity contribution in [3.8, 4) is 17.1 Å². The van der Waals surface area contributed by atoms with Crippen molar-refractivity contribution in [3.05, 3.63) is 60.3 Å². The minimum Gasteiger partial charge on any atom is -0.480 e. The molecule has 4 heterocycles. The Morgan fingerprint density at radius 2 is 1.97 bits per heavy atom. The van der Waals surface area contributed by atoms with Gasteiger partial charge in [-0.25, -0.2) is 19.7 Å². The number of fused-ring (bicyclic) bond motifs is 1. The third-order valence-corrected chi connectivity index (χ3v) is 6.29. The lowest BCUT2D eigenvalue weighted by Crippen LogP contribution is -2.33. The molecule has 11 heteroatoms. The number of hydroxylamine groups is 2. The van der Waals surface area contributed by atoms with Crippen LogP contribution in [0.5, 0.6) is 5.88 Å². The number of nitrogens with zero attached hydrogens (tertiary/aromatic N) is 4. The Morgan fingerprint density at radius 3 is 2.74 bits per heavy atom. The summed E-state index contributed by atoms with van der Waals surface area (Å²) in [7, 11) is 1.49. The number of hydrogen-bond acceptors (Lipinski definition) is 8. The Bertz CT molecular complexity index is 1390. The highest BCUT2D eigenvalue weighted by molar-refractivity contribution is 7.21. The van der Waals surface area contributed by atoms with E-state index in [1.165, 1.54) is 30.4 Å². The van der Waals surface area contributed by atoms with Crippen molar-refractivity contribution >= 4 is 44.4 Å². The molecule has 0 spiro atoms. The molecule has 10 nitrogen and oxygen atoms in total. The number of hydrogen-bond donors (Lipinski definition) is 2. The van der Waals surface area contributed by atoms with E-state index in [2.05, 4.69) is 25.6 Å². The summed E-state index contributed by atoms with van der Waals surface area (Å²) in [6.07, 6.45) is 2.32. The van der Waals surface area contributed by atoms with Crippen molar-refractivity contribution < 1.29 is 19.2 Å². The van der Waals surface area contributed by atoms with E-state index in [0.29, 0.717) is 45.5 Å².